The SMILES string of the molecule is Cn1ncc(N(C(=O)c2ncsc2N)[C@H]2C=CCC2)c1N1CCCC(N)CC1. The molecule has 0 saturated carbocycles. The summed E-state index contributed by atoms with van der Waals surface area (Å²) >= 11 is 1.28. The van der Waals surface area contributed by atoms with E-state index in [0.29, 0.717) is 10.7 Å². The van der Waals surface area contributed by atoms with Crippen LogP contribution in [0.4, 0.5) is 16.5 Å². The van der Waals surface area contributed by atoms with Crippen LogP contribution in [0.15, 0.2) is 23.9 Å². The topological polar surface area (TPSA) is 106 Å². The minimum atomic E-state index is -0.170. The monoisotopic (exact) mass is 401 g/mol. The first-order valence-corrected chi connectivity index (χ1v) is 10.7. The Bertz CT molecular complexity index is 874. The fraction of sp³-hybridized carbons (Fsp3) is 0.526. The Morgan fingerprint density at radius 2 is 2.18 bits per heavy atom. The number of aryl methyl sites for hydroxylation is 1. The van der Waals surface area contributed by atoms with Crippen molar-refractivity contribution >= 4 is 33.8 Å². The number of nitrogens with zero attached hydrogens (tertiary/aromatic N) is 5. The summed E-state index contributed by atoms with van der Waals surface area (Å²) in [5.74, 6) is 0.785. The molecule has 1 aliphatic heterocycles. The highest BCUT2D eigenvalue weighted by Gasteiger charge is 2.33. The summed E-state index contributed by atoms with van der Waals surface area (Å²) in [5, 5.41) is 4.94. The van der Waals surface area contributed by atoms with Gasteiger partial charge < -0.3 is 16.4 Å². The Hall–Kier alpha value is -2.39. The van der Waals surface area contributed by atoms with Crippen LogP contribution >= 0.6 is 11.3 Å². The Morgan fingerprint density at radius 3 is 2.89 bits per heavy atom. The second-order valence-electron chi connectivity index (χ2n) is 7.47. The second-order valence-corrected chi connectivity index (χ2v) is 8.35. The molecule has 150 valence electrons. The van der Waals surface area contributed by atoms with Gasteiger partial charge in [-0.05, 0) is 32.1 Å². The number of carbonyl (C=O) groups excluding carboxylic acids is 1. The maximum Gasteiger partial charge on any atom is 0.280 e. The molecule has 1 amide bonds. The smallest absolute Gasteiger partial charge is 0.280 e. The van der Waals surface area contributed by atoms with Gasteiger partial charge in [-0.1, -0.05) is 12.2 Å². The second kappa shape index (κ2) is 7.92. The third-order valence-electron chi connectivity index (χ3n) is 5.56. The van der Waals surface area contributed by atoms with Crippen molar-refractivity contribution in [1.82, 2.24) is 14.8 Å². The van der Waals surface area contributed by atoms with Crippen molar-refractivity contribution in [3.05, 3.63) is 29.6 Å². The molecule has 1 unspecified atom stereocenters. The quantitative estimate of drug-likeness (QED) is 0.760. The van der Waals surface area contributed by atoms with E-state index in [1.165, 1.54) is 11.3 Å². The molecule has 2 atom stereocenters. The Morgan fingerprint density at radius 1 is 1.32 bits per heavy atom. The standard InChI is InChI=1S/C19H27N7OS/c1-24-18(25-9-4-5-13(20)8-10-25)15(11-23-24)26(14-6-2-3-7-14)19(27)16-17(21)28-12-22-16/h2,6,11-14H,3-5,7-10,20-21H2,1H3/t13?,14-/m0/s1. The van der Waals surface area contributed by atoms with Crippen LogP contribution in [0.25, 0.3) is 0 Å². The Labute approximate surface area is 168 Å². The molecule has 9 heteroatoms. The van der Waals surface area contributed by atoms with E-state index in [-0.39, 0.29) is 18.0 Å². The zero-order chi connectivity index (χ0) is 19.7. The molecule has 1 saturated heterocycles. The summed E-state index contributed by atoms with van der Waals surface area (Å²) in [6.45, 7) is 1.76. The summed E-state index contributed by atoms with van der Waals surface area (Å²) in [6.07, 6.45) is 10.8. The minimum absolute atomic E-state index is 0.0224. The number of amides is 1. The number of nitrogens with two attached hydrogens (primary N) is 2. The lowest BCUT2D eigenvalue weighted by atomic mass is 10.1. The normalized spacial score (nSPS) is 22.4. The highest BCUT2D eigenvalue weighted by Crippen LogP contribution is 2.35. The van der Waals surface area contributed by atoms with E-state index in [2.05, 4.69) is 27.1 Å². The van der Waals surface area contributed by atoms with E-state index in [4.69, 9.17) is 11.5 Å². The Balaban J connectivity index is 1.74. The number of carbonyl (C=O) groups is 1. The van der Waals surface area contributed by atoms with Crippen LogP contribution in [0, 0.1) is 0 Å². The van der Waals surface area contributed by atoms with E-state index in [9.17, 15) is 4.79 Å². The van der Waals surface area contributed by atoms with Gasteiger partial charge in [0.05, 0.1) is 17.7 Å². The molecular formula is C19H27N7OS. The number of hydrogen-bond donors (Lipinski definition) is 2. The van der Waals surface area contributed by atoms with E-state index in [1.807, 2.05) is 16.6 Å². The van der Waals surface area contributed by atoms with Gasteiger partial charge in [-0.15, -0.1) is 11.3 Å². The molecule has 2 aliphatic rings. The number of anilines is 3. The molecule has 8 nitrogen and oxygen atoms in total. The molecule has 0 spiro atoms. The molecular weight excluding hydrogens is 374 g/mol. The molecule has 28 heavy (non-hydrogen) atoms. The van der Waals surface area contributed by atoms with E-state index >= 15 is 0 Å². The van der Waals surface area contributed by atoms with Crippen molar-refractivity contribution in [3.8, 4) is 0 Å². The van der Waals surface area contributed by atoms with Gasteiger partial charge in [0.25, 0.3) is 5.91 Å². The first kappa shape index (κ1) is 18.9. The number of rotatable bonds is 4. The minimum Gasteiger partial charge on any atom is -0.389 e. The molecule has 3 heterocycles. The zero-order valence-electron chi connectivity index (χ0n) is 16.1. The summed E-state index contributed by atoms with van der Waals surface area (Å²) in [5.41, 5.74) is 14.9. The van der Waals surface area contributed by atoms with Crippen molar-refractivity contribution < 1.29 is 4.79 Å². The first-order valence-electron chi connectivity index (χ1n) is 9.78. The van der Waals surface area contributed by atoms with Crippen LogP contribution < -0.4 is 21.3 Å². The third-order valence-corrected chi connectivity index (χ3v) is 6.21. The molecule has 2 aromatic rings. The van der Waals surface area contributed by atoms with Gasteiger partial charge in [-0.3, -0.25) is 14.4 Å². The van der Waals surface area contributed by atoms with E-state index in [1.54, 1.807) is 11.7 Å². The van der Waals surface area contributed by atoms with Crippen molar-refractivity contribution in [3.63, 3.8) is 0 Å². The van der Waals surface area contributed by atoms with Gasteiger partial charge in [-0.25, -0.2) is 4.98 Å². The average molecular weight is 402 g/mol. The summed E-state index contributed by atoms with van der Waals surface area (Å²) in [6, 6.07) is 0.206. The lowest BCUT2D eigenvalue weighted by molar-refractivity contribution is 0.0977. The predicted molar refractivity (Wildman–Crippen MR) is 113 cm³/mol. The van der Waals surface area contributed by atoms with Crippen molar-refractivity contribution in [2.75, 3.05) is 28.6 Å². The maximum absolute atomic E-state index is 13.5. The summed E-state index contributed by atoms with van der Waals surface area (Å²) < 4.78 is 1.86. The highest BCUT2D eigenvalue weighted by molar-refractivity contribution is 7.14. The molecule has 0 bridgehead atoms. The average Bonchev–Trinajstić information content (AvgIpc) is 3.39. The van der Waals surface area contributed by atoms with Crippen molar-refractivity contribution in [2.45, 2.75) is 44.2 Å². The maximum atomic E-state index is 13.5. The van der Waals surface area contributed by atoms with E-state index < -0.39 is 0 Å². The fourth-order valence-electron chi connectivity index (χ4n) is 4.09. The van der Waals surface area contributed by atoms with Crippen LogP contribution in [0.5, 0.6) is 0 Å². The lowest BCUT2D eigenvalue weighted by Crippen LogP contribution is -2.40. The number of thiazole rings is 1. The molecule has 0 aromatic carbocycles. The molecule has 4 rings (SSSR count). The highest BCUT2D eigenvalue weighted by atomic mass is 32.1. The number of allylic oxidation sites excluding steroid dienone is 1. The molecule has 0 radical (unpaired) electrons. The van der Waals surface area contributed by atoms with Gasteiger partial charge in [0, 0.05) is 26.2 Å². The molecule has 1 fully saturated rings. The Kier molecular flexibility index (Phi) is 5.36. The summed E-state index contributed by atoms with van der Waals surface area (Å²) in [4.78, 5) is 21.8. The summed E-state index contributed by atoms with van der Waals surface area (Å²) in [7, 11) is 1.92. The zero-order valence-corrected chi connectivity index (χ0v) is 16.9. The van der Waals surface area contributed by atoms with Gasteiger partial charge in [0.1, 0.15) is 10.7 Å². The molecule has 1 aliphatic carbocycles. The number of nitrogen functional groups attached to an aromatic ring is 1. The predicted octanol–water partition coefficient (Wildman–Crippen LogP) is 2.14. The number of aromatic nitrogens is 3. The van der Waals surface area contributed by atoms with E-state index in [0.717, 1.165) is 56.7 Å². The molecule has 4 N–H and O–H groups in total. The van der Waals surface area contributed by atoms with Crippen LogP contribution in [-0.4, -0.2) is 45.8 Å². The van der Waals surface area contributed by atoms with Gasteiger partial charge in [0.2, 0.25) is 0 Å². The van der Waals surface area contributed by atoms with Gasteiger partial charge >= 0.3 is 0 Å². The van der Waals surface area contributed by atoms with Crippen LogP contribution in [0.3, 0.4) is 0 Å². The fourth-order valence-corrected chi connectivity index (χ4v) is 4.61. The van der Waals surface area contributed by atoms with Crippen molar-refractivity contribution in [1.29, 1.82) is 0 Å². The number of hydrogen-bond acceptors (Lipinski definition) is 7. The van der Waals surface area contributed by atoms with Crippen LogP contribution in [-0.2, 0) is 7.05 Å². The van der Waals surface area contributed by atoms with Crippen LogP contribution in [0.2, 0.25) is 0 Å². The lowest BCUT2D eigenvalue weighted by Gasteiger charge is -2.31. The first-order chi connectivity index (χ1) is 13.6. The van der Waals surface area contributed by atoms with Crippen molar-refractivity contribution in [2.24, 2.45) is 12.8 Å². The van der Waals surface area contributed by atoms with Gasteiger partial charge in [-0.2, -0.15) is 5.10 Å². The van der Waals surface area contributed by atoms with Gasteiger partial charge in [0.15, 0.2) is 11.5 Å². The third kappa shape index (κ3) is 3.51. The largest absolute Gasteiger partial charge is 0.389 e. The molecule has 2 aromatic heterocycles. The van der Waals surface area contributed by atoms with Crippen LogP contribution in [0.1, 0.15) is 42.6 Å².